The maximum absolute atomic E-state index is 12.2. The molecular weight excluding hydrogens is 392 g/mol. The van der Waals surface area contributed by atoms with Crippen molar-refractivity contribution in [1.82, 2.24) is 4.90 Å². The highest BCUT2D eigenvalue weighted by molar-refractivity contribution is 5.82. The fourth-order valence-electron chi connectivity index (χ4n) is 3.18. The number of ether oxygens (including phenoxy) is 1. The van der Waals surface area contributed by atoms with Crippen molar-refractivity contribution in [2.45, 2.75) is 64.6 Å². The Hall–Kier alpha value is -2.86. The van der Waals surface area contributed by atoms with E-state index in [0.717, 1.165) is 10.5 Å². The maximum atomic E-state index is 12.2. The third kappa shape index (κ3) is 8.06. The van der Waals surface area contributed by atoms with Crippen LogP contribution in [-0.2, 0) is 14.9 Å². The lowest BCUT2D eigenvalue weighted by Gasteiger charge is -2.38. The first kappa shape index (κ1) is 26.2. The van der Waals surface area contributed by atoms with Crippen molar-refractivity contribution in [1.29, 1.82) is 0 Å². The van der Waals surface area contributed by atoms with Crippen LogP contribution >= 0.6 is 0 Å². The van der Waals surface area contributed by atoms with Crippen molar-refractivity contribution in [2.24, 2.45) is 5.73 Å². The second kappa shape index (κ2) is 11.0. The third-order valence-electron chi connectivity index (χ3n) is 4.83. The molecule has 0 aliphatic rings. The summed E-state index contributed by atoms with van der Waals surface area (Å²) in [6.45, 7) is 10.8. The van der Waals surface area contributed by atoms with Crippen LogP contribution in [0.2, 0.25) is 0 Å². The molecule has 6 heteroatoms. The summed E-state index contributed by atoms with van der Waals surface area (Å²) in [5, 5.41) is 9.64. The van der Waals surface area contributed by atoms with Gasteiger partial charge < -0.3 is 15.6 Å². The molecule has 6 nitrogen and oxygen atoms in total. The smallest absolute Gasteiger partial charge is 0.410 e. The minimum absolute atomic E-state index is 0.159. The summed E-state index contributed by atoms with van der Waals surface area (Å²) in [5.41, 5.74) is 6.21. The SMILES string of the molecule is CN(C(=O)OC(C)(C)C)[C@@H](C(=O)O)C(C)(C)c1ccccc1.C[C@@H](N)c1ccccc1. The zero-order chi connectivity index (χ0) is 23.8. The van der Waals surface area contributed by atoms with Gasteiger partial charge in [-0.15, -0.1) is 0 Å². The Morgan fingerprint density at radius 2 is 1.39 bits per heavy atom. The Bertz CT molecular complexity index is 828. The summed E-state index contributed by atoms with van der Waals surface area (Å²) in [6, 6.07) is 18.5. The molecule has 0 aliphatic carbocycles. The van der Waals surface area contributed by atoms with Crippen LogP contribution in [-0.4, -0.2) is 40.8 Å². The van der Waals surface area contributed by atoms with Gasteiger partial charge in [0.25, 0.3) is 0 Å². The molecule has 170 valence electrons. The summed E-state index contributed by atoms with van der Waals surface area (Å²) in [7, 11) is 1.46. The molecule has 2 aromatic rings. The van der Waals surface area contributed by atoms with E-state index in [9.17, 15) is 14.7 Å². The minimum atomic E-state index is -1.07. The van der Waals surface area contributed by atoms with E-state index in [1.165, 1.54) is 12.6 Å². The van der Waals surface area contributed by atoms with Gasteiger partial charge in [0, 0.05) is 18.5 Å². The Labute approximate surface area is 186 Å². The van der Waals surface area contributed by atoms with Crippen LogP contribution in [0.15, 0.2) is 60.7 Å². The summed E-state index contributed by atoms with van der Waals surface area (Å²) in [6.07, 6.45) is -0.649. The molecule has 0 aliphatic heterocycles. The summed E-state index contributed by atoms with van der Waals surface area (Å²) >= 11 is 0. The number of likely N-dealkylation sites (N-methyl/N-ethyl adjacent to an activating group) is 1. The highest BCUT2D eigenvalue weighted by Gasteiger charge is 2.42. The molecule has 0 saturated heterocycles. The number of hydrogen-bond donors (Lipinski definition) is 2. The predicted octanol–water partition coefficient (Wildman–Crippen LogP) is 4.99. The van der Waals surface area contributed by atoms with E-state index in [2.05, 4.69) is 0 Å². The summed E-state index contributed by atoms with van der Waals surface area (Å²) in [4.78, 5) is 25.2. The lowest BCUT2D eigenvalue weighted by atomic mass is 9.77. The zero-order valence-corrected chi connectivity index (χ0v) is 19.6. The first-order chi connectivity index (χ1) is 14.3. The van der Waals surface area contributed by atoms with Gasteiger partial charge in [-0.1, -0.05) is 74.5 Å². The molecule has 0 heterocycles. The Balaban J connectivity index is 0.000000442. The van der Waals surface area contributed by atoms with Gasteiger partial charge in [-0.25, -0.2) is 9.59 Å². The predicted molar refractivity (Wildman–Crippen MR) is 124 cm³/mol. The number of carboxylic acid groups (broad SMARTS) is 1. The van der Waals surface area contributed by atoms with Crippen LogP contribution < -0.4 is 5.73 Å². The fourth-order valence-corrected chi connectivity index (χ4v) is 3.18. The van der Waals surface area contributed by atoms with Gasteiger partial charge in [0.1, 0.15) is 11.6 Å². The van der Waals surface area contributed by atoms with Crippen LogP contribution in [0.25, 0.3) is 0 Å². The number of nitrogens with zero attached hydrogens (tertiary/aromatic N) is 1. The Morgan fingerprint density at radius 3 is 1.74 bits per heavy atom. The highest BCUT2D eigenvalue weighted by atomic mass is 16.6. The second-order valence-corrected chi connectivity index (χ2v) is 9.12. The molecule has 0 saturated carbocycles. The van der Waals surface area contributed by atoms with E-state index in [4.69, 9.17) is 10.5 Å². The summed E-state index contributed by atoms with van der Waals surface area (Å²) < 4.78 is 5.29. The molecule has 31 heavy (non-hydrogen) atoms. The van der Waals surface area contributed by atoms with E-state index in [0.29, 0.717) is 0 Å². The number of hydrogen-bond acceptors (Lipinski definition) is 4. The Morgan fingerprint density at radius 1 is 0.935 bits per heavy atom. The van der Waals surface area contributed by atoms with Gasteiger partial charge >= 0.3 is 12.1 Å². The first-order valence-corrected chi connectivity index (χ1v) is 10.3. The highest BCUT2D eigenvalue weighted by Crippen LogP contribution is 2.31. The molecule has 0 spiro atoms. The monoisotopic (exact) mass is 428 g/mol. The lowest BCUT2D eigenvalue weighted by molar-refractivity contribution is -0.145. The van der Waals surface area contributed by atoms with E-state index in [1.54, 1.807) is 20.8 Å². The van der Waals surface area contributed by atoms with Gasteiger partial charge in [0.05, 0.1) is 0 Å². The van der Waals surface area contributed by atoms with Crippen LogP contribution in [0.1, 0.15) is 58.7 Å². The van der Waals surface area contributed by atoms with Crippen molar-refractivity contribution in [3.63, 3.8) is 0 Å². The van der Waals surface area contributed by atoms with Crippen molar-refractivity contribution in [3.05, 3.63) is 71.8 Å². The maximum Gasteiger partial charge on any atom is 0.410 e. The van der Waals surface area contributed by atoms with Gasteiger partial charge in [-0.3, -0.25) is 4.90 Å². The number of carbonyl (C=O) groups excluding carboxylic acids is 1. The normalized spacial score (nSPS) is 13.3. The summed E-state index contributed by atoms with van der Waals surface area (Å²) in [5.74, 6) is -1.07. The number of rotatable bonds is 5. The molecule has 1 amide bonds. The van der Waals surface area contributed by atoms with Gasteiger partial charge in [-0.2, -0.15) is 0 Å². The van der Waals surface area contributed by atoms with Gasteiger partial charge in [0.2, 0.25) is 0 Å². The van der Waals surface area contributed by atoms with E-state index in [-0.39, 0.29) is 6.04 Å². The molecular formula is C25H36N2O4. The zero-order valence-electron chi connectivity index (χ0n) is 19.6. The van der Waals surface area contributed by atoms with Crippen molar-refractivity contribution in [3.8, 4) is 0 Å². The molecule has 2 rings (SSSR count). The standard InChI is InChI=1S/C17H25NO4.C8H11N/c1-16(2,3)22-15(21)18(6)13(14(19)20)17(4,5)12-10-8-7-9-11-12;1-7(9)8-5-3-2-4-6-8/h7-11,13H,1-6H3,(H,19,20);2-7H,9H2,1H3/t13-;7-/m01/s1. The first-order valence-electron chi connectivity index (χ1n) is 10.3. The number of carbonyl (C=O) groups is 2. The number of nitrogens with two attached hydrogens (primary N) is 1. The molecule has 0 bridgehead atoms. The van der Waals surface area contributed by atoms with E-state index in [1.807, 2.05) is 81.4 Å². The van der Waals surface area contributed by atoms with Crippen molar-refractivity contribution < 1.29 is 19.4 Å². The average Bonchev–Trinajstić information content (AvgIpc) is 2.68. The van der Waals surface area contributed by atoms with Crippen molar-refractivity contribution in [2.75, 3.05) is 7.05 Å². The van der Waals surface area contributed by atoms with Gasteiger partial charge in [0.15, 0.2) is 0 Å². The van der Waals surface area contributed by atoms with E-state index < -0.39 is 29.1 Å². The molecule has 0 unspecified atom stereocenters. The van der Waals surface area contributed by atoms with Crippen LogP contribution in [0.4, 0.5) is 4.79 Å². The Kier molecular flexibility index (Phi) is 9.25. The number of amides is 1. The molecule has 0 aromatic heterocycles. The quantitative estimate of drug-likeness (QED) is 0.700. The number of aliphatic carboxylic acids is 1. The largest absolute Gasteiger partial charge is 0.480 e. The molecule has 3 N–H and O–H groups in total. The van der Waals surface area contributed by atoms with Gasteiger partial charge in [-0.05, 0) is 38.8 Å². The van der Waals surface area contributed by atoms with Crippen molar-refractivity contribution >= 4 is 12.1 Å². The molecule has 2 atom stereocenters. The number of benzene rings is 2. The third-order valence-corrected chi connectivity index (χ3v) is 4.83. The second-order valence-electron chi connectivity index (χ2n) is 9.12. The molecule has 0 radical (unpaired) electrons. The lowest BCUT2D eigenvalue weighted by Crippen LogP contribution is -2.54. The molecule has 0 fully saturated rings. The van der Waals surface area contributed by atoms with E-state index >= 15 is 0 Å². The minimum Gasteiger partial charge on any atom is -0.480 e. The average molecular weight is 429 g/mol. The fraction of sp³-hybridized carbons (Fsp3) is 0.440. The van der Waals surface area contributed by atoms with Crippen LogP contribution in [0.5, 0.6) is 0 Å². The number of carboxylic acids is 1. The van der Waals surface area contributed by atoms with Crippen LogP contribution in [0.3, 0.4) is 0 Å². The topological polar surface area (TPSA) is 92.9 Å². The molecule has 2 aromatic carbocycles. The van der Waals surface area contributed by atoms with Crippen LogP contribution in [0, 0.1) is 0 Å².